The molecule has 0 fully saturated rings. The summed E-state index contributed by atoms with van der Waals surface area (Å²) >= 11 is 0. The largest absolute Gasteiger partial charge is 0.492 e. The highest BCUT2D eigenvalue weighted by Gasteiger charge is 2.01. The number of hydrogen-bond acceptors (Lipinski definition) is 6. The van der Waals surface area contributed by atoms with Crippen molar-refractivity contribution in [2.24, 2.45) is 0 Å². The molecule has 0 spiro atoms. The molecule has 0 aliphatic rings. The molecule has 2 N–H and O–H groups in total. The maximum absolute atomic E-state index is 10.4. The zero-order chi connectivity index (χ0) is 15.7. The summed E-state index contributed by atoms with van der Waals surface area (Å²) < 4.78 is 5.62. The van der Waals surface area contributed by atoms with Crippen LogP contribution in [0.5, 0.6) is 5.75 Å². The van der Waals surface area contributed by atoms with E-state index in [-0.39, 0.29) is 0 Å². The first-order valence-corrected chi connectivity index (χ1v) is 6.64. The van der Waals surface area contributed by atoms with E-state index in [1.54, 1.807) is 7.05 Å². The fourth-order valence-corrected chi connectivity index (χ4v) is 1.76. The second-order valence-electron chi connectivity index (χ2n) is 4.74. The van der Waals surface area contributed by atoms with Crippen molar-refractivity contribution in [3.8, 4) is 5.75 Å². The standard InChI is InChI=1S/C14H22N4O3/c1-15-14(11-18(19)20)16-7-8-21-13-6-4-5-12(9-13)10-17(2)3/h4-6,9,11,15-16H,7-8,10H2,1-3H3. The van der Waals surface area contributed by atoms with Gasteiger partial charge in [0.15, 0.2) is 5.82 Å². The zero-order valence-electron chi connectivity index (χ0n) is 12.6. The summed E-state index contributed by atoms with van der Waals surface area (Å²) in [5.74, 6) is 1.14. The molecular weight excluding hydrogens is 272 g/mol. The van der Waals surface area contributed by atoms with E-state index in [9.17, 15) is 10.1 Å². The molecule has 1 aromatic rings. The van der Waals surface area contributed by atoms with E-state index in [0.29, 0.717) is 19.0 Å². The Balaban J connectivity index is 2.40. The average Bonchev–Trinajstić information content (AvgIpc) is 2.41. The number of benzene rings is 1. The predicted octanol–water partition coefficient (Wildman–Crippen LogP) is 1.01. The van der Waals surface area contributed by atoms with Gasteiger partial charge in [-0.25, -0.2) is 0 Å². The van der Waals surface area contributed by atoms with E-state index >= 15 is 0 Å². The van der Waals surface area contributed by atoms with Gasteiger partial charge >= 0.3 is 0 Å². The Morgan fingerprint density at radius 3 is 2.86 bits per heavy atom. The molecule has 0 amide bonds. The third kappa shape index (κ3) is 7.17. The molecule has 0 aromatic heterocycles. The lowest BCUT2D eigenvalue weighted by Crippen LogP contribution is -2.28. The fraction of sp³-hybridized carbons (Fsp3) is 0.429. The van der Waals surface area contributed by atoms with Gasteiger partial charge in [-0.05, 0) is 31.8 Å². The summed E-state index contributed by atoms with van der Waals surface area (Å²) in [4.78, 5) is 11.9. The van der Waals surface area contributed by atoms with Crippen LogP contribution < -0.4 is 15.4 Å². The number of rotatable bonds is 9. The highest BCUT2D eigenvalue weighted by atomic mass is 16.6. The van der Waals surface area contributed by atoms with Crippen molar-refractivity contribution in [1.82, 2.24) is 15.5 Å². The van der Waals surface area contributed by atoms with Crippen LogP contribution in [0.25, 0.3) is 0 Å². The normalized spacial score (nSPS) is 11.3. The molecule has 7 nitrogen and oxygen atoms in total. The summed E-state index contributed by atoms with van der Waals surface area (Å²) in [6.07, 6.45) is 0.887. The second kappa shape index (κ2) is 8.80. The highest BCUT2D eigenvalue weighted by molar-refractivity contribution is 5.28. The Bertz CT molecular complexity index is 489. The van der Waals surface area contributed by atoms with Gasteiger partial charge in [0.1, 0.15) is 12.4 Å². The molecule has 0 atom stereocenters. The van der Waals surface area contributed by atoms with Crippen molar-refractivity contribution < 1.29 is 9.66 Å². The molecule has 0 heterocycles. The van der Waals surface area contributed by atoms with Crippen LogP contribution in [-0.4, -0.2) is 44.1 Å². The van der Waals surface area contributed by atoms with Gasteiger partial charge in [0.25, 0.3) is 6.20 Å². The number of ether oxygens (including phenoxy) is 1. The Labute approximate surface area is 124 Å². The molecule has 21 heavy (non-hydrogen) atoms. The first-order chi connectivity index (χ1) is 10.0. The molecule has 0 unspecified atom stereocenters. The third-order valence-corrected chi connectivity index (χ3v) is 2.59. The quantitative estimate of drug-likeness (QED) is 0.402. The van der Waals surface area contributed by atoms with Crippen molar-refractivity contribution >= 4 is 0 Å². The van der Waals surface area contributed by atoms with Crippen LogP contribution in [0.4, 0.5) is 0 Å². The molecule has 0 radical (unpaired) electrons. The lowest BCUT2D eigenvalue weighted by molar-refractivity contribution is -0.404. The van der Waals surface area contributed by atoms with Crippen molar-refractivity contribution in [3.63, 3.8) is 0 Å². The summed E-state index contributed by atoms with van der Waals surface area (Å²) in [7, 11) is 5.64. The van der Waals surface area contributed by atoms with Crippen LogP contribution in [0, 0.1) is 10.1 Å². The monoisotopic (exact) mass is 294 g/mol. The molecule has 0 aliphatic carbocycles. The van der Waals surface area contributed by atoms with Crippen LogP contribution in [0.2, 0.25) is 0 Å². The van der Waals surface area contributed by atoms with Crippen molar-refractivity contribution in [2.45, 2.75) is 6.54 Å². The van der Waals surface area contributed by atoms with E-state index in [1.807, 2.05) is 38.4 Å². The number of nitrogens with zero attached hydrogens (tertiary/aromatic N) is 2. The molecule has 1 aromatic carbocycles. The van der Waals surface area contributed by atoms with Crippen LogP contribution in [-0.2, 0) is 6.54 Å². The Kier molecular flexibility index (Phi) is 7.03. The van der Waals surface area contributed by atoms with E-state index in [0.717, 1.165) is 18.5 Å². The van der Waals surface area contributed by atoms with Gasteiger partial charge in [0.2, 0.25) is 0 Å². The Hall–Kier alpha value is -2.28. The van der Waals surface area contributed by atoms with E-state index < -0.39 is 4.92 Å². The van der Waals surface area contributed by atoms with E-state index in [1.165, 1.54) is 5.56 Å². The minimum atomic E-state index is -0.510. The SMILES string of the molecule is CNC(=C[N+](=O)[O-])NCCOc1cccc(CN(C)C)c1. The van der Waals surface area contributed by atoms with Crippen molar-refractivity contribution in [2.75, 3.05) is 34.3 Å². The van der Waals surface area contributed by atoms with Crippen LogP contribution >= 0.6 is 0 Å². The maximum Gasteiger partial charge on any atom is 0.274 e. The van der Waals surface area contributed by atoms with Gasteiger partial charge in [0, 0.05) is 13.6 Å². The number of nitrogens with one attached hydrogen (secondary N) is 2. The summed E-state index contributed by atoms with van der Waals surface area (Å²) in [6, 6.07) is 7.88. The van der Waals surface area contributed by atoms with Gasteiger partial charge in [-0.3, -0.25) is 10.1 Å². The molecule has 116 valence electrons. The molecule has 7 heteroatoms. The number of hydrogen-bond donors (Lipinski definition) is 2. The Morgan fingerprint density at radius 1 is 1.48 bits per heavy atom. The molecule has 1 rings (SSSR count). The third-order valence-electron chi connectivity index (χ3n) is 2.59. The second-order valence-corrected chi connectivity index (χ2v) is 4.74. The number of nitro groups is 1. The summed E-state index contributed by atoms with van der Waals surface area (Å²) in [5.41, 5.74) is 1.18. The van der Waals surface area contributed by atoms with Crippen LogP contribution in [0.15, 0.2) is 36.3 Å². The minimum Gasteiger partial charge on any atom is -0.492 e. The maximum atomic E-state index is 10.4. The molecular formula is C14H22N4O3. The summed E-state index contributed by atoms with van der Waals surface area (Å²) in [5, 5.41) is 16.0. The van der Waals surface area contributed by atoms with Gasteiger partial charge in [0.05, 0.1) is 11.5 Å². The first kappa shape index (κ1) is 16.8. The van der Waals surface area contributed by atoms with Crippen molar-refractivity contribution in [3.05, 3.63) is 52.0 Å². The van der Waals surface area contributed by atoms with Gasteiger partial charge in [-0.2, -0.15) is 0 Å². The van der Waals surface area contributed by atoms with Crippen molar-refractivity contribution in [1.29, 1.82) is 0 Å². The van der Waals surface area contributed by atoms with Gasteiger partial charge in [-0.1, -0.05) is 12.1 Å². The van der Waals surface area contributed by atoms with E-state index in [4.69, 9.17) is 4.74 Å². The molecule has 0 saturated carbocycles. The lowest BCUT2D eigenvalue weighted by atomic mass is 10.2. The topological polar surface area (TPSA) is 79.7 Å². The lowest BCUT2D eigenvalue weighted by Gasteiger charge is -2.12. The fourth-order valence-electron chi connectivity index (χ4n) is 1.76. The summed E-state index contributed by atoms with van der Waals surface area (Å²) in [6.45, 7) is 1.74. The highest BCUT2D eigenvalue weighted by Crippen LogP contribution is 2.14. The average molecular weight is 294 g/mol. The van der Waals surface area contributed by atoms with Gasteiger partial charge in [-0.15, -0.1) is 0 Å². The van der Waals surface area contributed by atoms with E-state index in [2.05, 4.69) is 15.5 Å². The smallest absolute Gasteiger partial charge is 0.274 e. The zero-order valence-corrected chi connectivity index (χ0v) is 12.6. The first-order valence-electron chi connectivity index (χ1n) is 6.64. The molecule has 0 saturated heterocycles. The predicted molar refractivity (Wildman–Crippen MR) is 81.5 cm³/mol. The van der Waals surface area contributed by atoms with Crippen LogP contribution in [0.3, 0.4) is 0 Å². The minimum absolute atomic E-state index is 0.352. The molecule has 0 aliphatic heterocycles. The molecule has 0 bridgehead atoms. The van der Waals surface area contributed by atoms with Crippen LogP contribution in [0.1, 0.15) is 5.56 Å². The van der Waals surface area contributed by atoms with Gasteiger partial charge < -0.3 is 20.3 Å². The Morgan fingerprint density at radius 2 is 2.24 bits per heavy atom.